The van der Waals surface area contributed by atoms with E-state index in [-0.39, 0.29) is 21.2 Å². The van der Waals surface area contributed by atoms with Crippen LogP contribution in [0.5, 0.6) is 0 Å². The molecule has 7 nitrogen and oxygen atoms in total. The van der Waals surface area contributed by atoms with E-state index >= 15 is 0 Å². The third kappa shape index (κ3) is 4.62. The standard InChI is InChI=1S/C23H23F3N2O5S2/c1-21(2,17-6-4-5-14-7-8-35(32,33)20(14)17)13-22(29,23(24,25)26)11-16-9-15-10-19(34(3,30)31)27-12-18(15)28-16/h4-10,12,28-29H,11,13H2,1-3H3. The summed E-state index contributed by atoms with van der Waals surface area (Å²) in [6.07, 6.45) is -3.16. The normalized spacial score (nSPS) is 17.5. The summed E-state index contributed by atoms with van der Waals surface area (Å²) in [6, 6.07) is 7.17. The quantitative estimate of drug-likeness (QED) is 0.501. The molecule has 1 aromatic carbocycles. The minimum Gasteiger partial charge on any atom is -0.380 e. The lowest BCUT2D eigenvalue weighted by molar-refractivity contribution is -0.266. The molecule has 1 unspecified atom stereocenters. The minimum absolute atomic E-state index is 0.0238. The van der Waals surface area contributed by atoms with Gasteiger partial charge in [-0.05, 0) is 41.2 Å². The zero-order chi connectivity index (χ0) is 26.0. The molecular weight excluding hydrogens is 505 g/mol. The van der Waals surface area contributed by atoms with Crippen molar-refractivity contribution in [3.8, 4) is 0 Å². The highest BCUT2D eigenvalue weighted by Crippen LogP contribution is 2.46. The number of nitrogens with one attached hydrogen (secondary N) is 1. The fourth-order valence-corrected chi connectivity index (χ4v) is 6.70. The molecule has 0 saturated heterocycles. The summed E-state index contributed by atoms with van der Waals surface area (Å²) < 4.78 is 91.4. The maximum atomic E-state index is 14.3. The zero-order valence-electron chi connectivity index (χ0n) is 19.0. The zero-order valence-corrected chi connectivity index (χ0v) is 20.6. The summed E-state index contributed by atoms with van der Waals surface area (Å²) in [6.45, 7) is 2.92. The fourth-order valence-electron chi connectivity index (χ4n) is 4.54. The maximum Gasteiger partial charge on any atom is 0.417 e. The van der Waals surface area contributed by atoms with Crippen LogP contribution in [-0.4, -0.2) is 49.9 Å². The molecule has 4 rings (SSSR count). The van der Waals surface area contributed by atoms with Crippen LogP contribution in [0.25, 0.3) is 17.0 Å². The third-order valence-electron chi connectivity index (χ3n) is 6.15. The first-order chi connectivity index (χ1) is 15.9. The molecule has 0 saturated carbocycles. The first kappa shape index (κ1) is 25.4. The first-order valence-corrected chi connectivity index (χ1v) is 13.9. The van der Waals surface area contributed by atoms with Gasteiger partial charge in [0.1, 0.15) is 0 Å². The average molecular weight is 529 g/mol. The summed E-state index contributed by atoms with van der Waals surface area (Å²) in [4.78, 5) is 6.52. The number of H-pyrrole nitrogens is 1. The number of pyridine rings is 1. The van der Waals surface area contributed by atoms with Gasteiger partial charge in [0.25, 0.3) is 0 Å². The van der Waals surface area contributed by atoms with Gasteiger partial charge in [-0.15, -0.1) is 0 Å². The van der Waals surface area contributed by atoms with E-state index in [4.69, 9.17) is 0 Å². The lowest BCUT2D eigenvalue weighted by atomic mass is 9.73. The number of sulfone groups is 2. The lowest BCUT2D eigenvalue weighted by Gasteiger charge is -2.38. The van der Waals surface area contributed by atoms with E-state index in [9.17, 15) is 35.1 Å². The topological polar surface area (TPSA) is 117 Å². The molecule has 1 aliphatic rings. The molecule has 2 N–H and O–H groups in total. The van der Waals surface area contributed by atoms with Crippen molar-refractivity contribution in [1.29, 1.82) is 0 Å². The number of alkyl halides is 3. The van der Waals surface area contributed by atoms with E-state index in [0.29, 0.717) is 16.5 Å². The Labute approximate surface area is 200 Å². The molecular formula is C23H23F3N2O5S2. The third-order valence-corrected chi connectivity index (χ3v) is 8.65. The van der Waals surface area contributed by atoms with Gasteiger partial charge in [-0.3, -0.25) is 0 Å². The molecule has 1 aliphatic heterocycles. The Hall–Kier alpha value is -2.70. The molecule has 0 amide bonds. The van der Waals surface area contributed by atoms with E-state index in [0.717, 1.165) is 11.7 Å². The Morgan fingerprint density at radius 2 is 1.83 bits per heavy atom. The predicted octanol–water partition coefficient (Wildman–Crippen LogP) is 3.93. The molecule has 0 fully saturated rings. The van der Waals surface area contributed by atoms with Gasteiger partial charge in [-0.2, -0.15) is 13.2 Å². The van der Waals surface area contributed by atoms with Gasteiger partial charge in [0, 0.05) is 29.2 Å². The van der Waals surface area contributed by atoms with Crippen molar-refractivity contribution in [3.05, 3.63) is 58.8 Å². The molecule has 0 aliphatic carbocycles. The Morgan fingerprint density at radius 1 is 1.14 bits per heavy atom. The molecule has 188 valence electrons. The molecule has 12 heteroatoms. The Morgan fingerprint density at radius 3 is 2.46 bits per heavy atom. The largest absolute Gasteiger partial charge is 0.417 e. The van der Waals surface area contributed by atoms with Gasteiger partial charge < -0.3 is 10.1 Å². The van der Waals surface area contributed by atoms with Crippen molar-refractivity contribution in [3.63, 3.8) is 0 Å². The van der Waals surface area contributed by atoms with Crippen molar-refractivity contribution in [2.24, 2.45) is 0 Å². The van der Waals surface area contributed by atoms with Gasteiger partial charge in [0.2, 0.25) is 9.84 Å². The van der Waals surface area contributed by atoms with Crippen molar-refractivity contribution < 1.29 is 35.1 Å². The van der Waals surface area contributed by atoms with Crippen LogP contribution < -0.4 is 0 Å². The van der Waals surface area contributed by atoms with Crippen molar-refractivity contribution in [2.45, 2.75) is 53.8 Å². The molecule has 0 spiro atoms. The van der Waals surface area contributed by atoms with Crippen LogP contribution in [0.4, 0.5) is 13.2 Å². The molecule has 2 aromatic heterocycles. The number of aliphatic hydroxyl groups is 1. The Balaban J connectivity index is 1.73. The van der Waals surface area contributed by atoms with Crippen LogP contribution in [0.2, 0.25) is 0 Å². The highest BCUT2D eigenvalue weighted by atomic mass is 32.2. The van der Waals surface area contributed by atoms with Gasteiger partial charge in [-0.25, -0.2) is 21.8 Å². The SMILES string of the molecule is CC(C)(CC(O)(Cc1cc2cc(S(C)(=O)=O)ncc2[nH]1)C(F)(F)F)c1cccc2c1S(=O)(=O)C=C2. The van der Waals surface area contributed by atoms with Crippen LogP contribution in [0, 0.1) is 0 Å². The van der Waals surface area contributed by atoms with Crippen molar-refractivity contribution in [1.82, 2.24) is 9.97 Å². The summed E-state index contributed by atoms with van der Waals surface area (Å²) in [5, 5.41) is 12.1. The second kappa shape index (κ2) is 7.90. The summed E-state index contributed by atoms with van der Waals surface area (Å²) in [5.74, 6) is 0. The minimum atomic E-state index is -5.05. The van der Waals surface area contributed by atoms with Crippen LogP contribution in [0.3, 0.4) is 0 Å². The van der Waals surface area contributed by atoms with E-state index in [1.54, 1.807) is 12.1 Å². The van der Waals surface area contributed by atoms with E-state index in [1.807, 2.05) is 0 Å². The Bertz CT molecular complexity index is 1570. The van der Waals surface area contributed by atoms with Crippen molar-refractivity contribution in [2.75, 3.05) is 6.26 Å². The van der Waals surface area contributed by atoms with E-state index in [2.05, 4.69) is 9.97 Å². The first-order valence-electron chi connectivity index (χ1n) is 10.5. The number of aromatic nitrogens is 2. The summed E-state index contributed by atoms with van der Waals surface area (Å²) in [7, 11) is -7.43. The number of hydrogen-bond acceptors (Lipinski definition) is 6. The number of aromatic amines is 1. The van der Waals surface area contributed by atoms with Crippen LogP contribution >= 0.6 is 0 Å². The van der Waals surface area contributed by atoms with Crippen LogP contribution in [0.1, 0.15) is 37.1 Å². The molecule has 1 atom stereocenters. The fraction of sp³-hybridized carbons (Fsp3) is 0.348. The average Bonchev–Trinajstić information content (AvgIpc) is 3.25. The summed E-state index contributed by atoms with van der Waals surface area (Å²) >= 11 is 0. The number of fused-ring (bicyclic) bond motifs is 2. The van der Waals surface area contributed by atoms with Crippen LogP contribution in [0.15, 0.2) is 51.9 Å². The second-order valence-corrected chi connectivity index (χ2v) is 13.2. The number of nitrogens with zero attached hydrogens (tertiary/aromatic N) is 1. The number of halogens is 3. The van der Waals surface area contributed by atoms with Crippen molar-refractivity contribution >= 4 is 36.7 Å². The highest BCUT2D eigenvalue weighted by molar-refractivity contribution is 7.95. The number of benzene rings is 1. The number of hydrogen-bond donors (Lipinski definition) is 2. The van der Waals surface area contributed by atoms with E-state index in [1.165, 1.54) is 44.3 Å². The van der Waals surface area contributed by atoms with Gasteiger partial charge >= 0.3 is 6.18 Å². The Kier molecular flexibility index (Phi) is 5.73. The molecule has 3 aromatic rings. The highest BCUT2D eigenvalue weighted by Gasteiger charge is 2.56. The lowest BCUT2D eigenvalue weighted by Crippen LogP contribution is -2.51. The monoisotopic (exact) mass is 528 g/mol. The maximum absolute atomic E-state index is 14.3. The summed E-state index contributed by atoms with van der Waals surface area (Å²) in [5.41, 5.74) is -3.70. The van der Waals surface area contributed by atoms with Gasteiger partial charge in [0.15, 0.2) is 20.5 Å². The smallest absolute Gasteiger partial charge is 0.380 e. The number of rotatable bonds is 6. The second-order valence-electron chi connectivity index (χ2n) is 9.51. The van der Waals surface area contributed by atoms with Gasteiger partial charge in [0.05, 0.1) is 16.6 Å². The predicted molar refractivity (Wildman–Crippen MR) is 124 cm³/mol. The molecule has 3 heterocycles. The molecule has 0 bridgehead atoms. The van der Waals surface area contributed by atoms with Crippen LogP contribution in [-0.2, 0) is 31.5 Å². The molecule has 0 radical (unpaired) electrons. The van der Waals surface area contributed by atoms with Gasteiger partial charge in [-0.1, -0.05) is 32.0 Å². The van der Waals surface area contributed by atoms with E-state index < -0.39 is 49.7 Å². The molecule has 35 heavy (non-hydrogen) atoms.